The molecule has 1 saturated heterocycles. The molecule has 7 heteroatoms. The van der Waals surface area contributed by atoms with Crippen LogP contribution in [0.3, 0.4) is 0 Å². The Morgan fingerprint density at radius 2 is 1.70 bits per heavy atom. The van der Waals surface area contributed by atoms with Crippen molar-refractivity contribution in [3.05, 3.63) is 65.2 Å². The van der Waals surface area contributed by atoms with E-state index in [2.05, 4.69) is 22.1 Å². The normalized spacial score (nSPS) is 14.8. The maximum Gasteiger partial charge on any atom is 0.272 e. The Morgan fingerprint density at radius 1 is 1.04 bits per heavy atom. The number of likely N-dealkylation sites (N-methyl/N-ethyl adjacent to an activating group) is 1. The van der Waals surface area contributed by atoms with Crippen LogP contribution >= 0.6 is 0 Å². The number of hydrogen-bond donors (Lipinski definition) is 1. The van der Waals surface area contributed by atoms with Crippen molar-refractivity contribution in [2.75, 3.05) is 32.7 Å². The molecule has 1 N–H and O–H groups in total. The molecule has 0 atom stereocenters. The lowest BCUT2D eigenvalue weighted by atomic mass is 10.2. The molecule has 0 spiro atoms. The number of aromatic nitrogens is 1. The van der Waals surface area contributed by atoms with Gasteiger partial charge in [0.1, 0.15) is 17.2 Å². The highest BCUT2D eigenvalue weighted by Gasteiger charge is 2.22. The van der Waals surface area contributed by atoms with Crippen LogP contribution in [0.25, 0.3) is 0 Å². The van der Waals surface area contributed by atoms with Gasteiger partial charge in [0, 0.05) is 32.7 Å². The molecule has 27 heavy (non-hydrogen) atoms. The lowest BCUT2D eigenvalue weighted by molar-refractivity contribution is 0.0637. The zero-order chi connectivity index (χ0) is 19.2. The Balaban J connectivity index is 1.61. The monoisotopic (exact) mass is 370 g/mol. The molecular weight excluding hydrogens is 347 g/mol. The van der Waals surface area contributed by atoms with Gasteiger partial charge in [-0.3, -0.25) is 9.59 Å². The number of nitrogens with zero attached hydrogens (tertiary/aromatic N) is 3. The number of rotatable bonds is 5. The maximum absolute atomic E-state index is 12.9. The number of halogens is 1. The predicted molar refractivity (Wildman–Crippen MR) is 99.8 cm³/mol. The van der Waals surface area contributed by atoms with E-state index < -0.39 is 0 Å². The highest BCUT2D eigenvalue weighted by Crippen LogP contribution is 2.09. The van der Waals surface area contributed by atoms with E-state index in [1.807, 2.05) is 0 Å². The minimum Gasteiger partial charge on any atom is -0.347 e. The SMILES string of the molecule is CCN1CCN(C(=O)c2cccc(C(=O)NCc3ccc(F)cc3)n2)CC1. The van der Waals surface area contributed by atoms with E-state index in [9.17, 15) is 14.0 Å². The Bertz CT molecular complexity index is 802. The molecule has 0 bridgehead atoms. The minimum atomic E-state index is -0.371. The second-order valence-corrected chi connectivity index (χ2v) is 6.44. The number of carbonyl (C=O) groups is 2. The number of carbonyl (C=O) groups excluding carboxylic acids is 2. The van der Waals surface area contributed by atoms with Crippen molar-refractivity contribution < 1.29 is 14.0 Å². The summed E-state index contributed by atoms with van der Waals surface area (Å²) >= 11 is 0. The molecule has 1 aliphatic rings. The van der Waals surface area contributed by atoms with Crippen LogP contribution in [0.1, 0.15) is 33.5 Å². The molecule has 0 radical (unpaired) electrons. The van der Waals surface area contributed by atoms with Gasteiger partial charge in [0.25, 0.3) is 11.8 Å². The number of pyridine rings is 1. The van der Waals surface area contributed by atoms with Gasteiger partial charge in [0.05, 0.1) is 0 Å². The van der Waals surface area contributed by atoms with Gasteiger partial charge in [-0.25, -0.2) is 9.37 Å². The summed E-state index contributed by atoms with van der Waals surface area (Å²) in [5.74, 6) is -0.846. The van der Waals surface area contributed by atoms with Crippen LogP contribution in [0.5, 0.6) is 0 Å². The molecule has 142 valence electrons. The van der Waals surface area contributed by atoms with Crippen molar-refractivity contribution in [2.45, 2.75) is 13.5 Å². The first kappa shape index (κ1) is 19.0. The fourth-order valence-electron chi connectivity index (χ4n) is 2.98. The standard InChI is InChI=1S/C20H23FN4O2/c1-2-24-10-12-25(13-11-24)20(27)18-5-3-4-17(23-18)19(26)22-14-15-6-8-16(21)9-7-15/h3-9H,2,10-14H2,1H3,(H,22,26). The van der Waals surface area contributed by atoms with Gasteiger partial charge < -0.3 is 15.1 Å². The van der Waals surface area contributed by atoms with E-state index in [0.29, 0.717) is 13.1 Å². The van der Waals surface area contributed by atoms with Crippen LogP contribution < -0.4 is 5.32 Å². The lowest BCUT2D eigenvalue weighted by Crippen LogP contribution is -2.48. The van der Waals surface area contributed by atoms with Crippen LogP contribution in [0.15, 0.2) is 42.5 Å². The van der Waals surface area contributed by atoms with Crippen molar-refractivity contribution in [3.8, 4) is 0 Å². The van der Waals surface area contributed by atoms with Crippen molar-refractivity contribution in [1.29, 1.82) is 0 Å². The number of benzene rings is 1. The fourth-order valence-corrected chi connectivity index (χ4v) is 2.98. The highest BCUT2D eigenvalue weighted by molar-refractivity contribution is 5.96. The molecule has 6 nitrogen and oxygen atoms in total. The number of nitrogens with one attached hydrogen (secondary N) is 1. The first-order chi connectivity index (χ1) is 13.1. The van der Waals surface area contributed by atoms with E-state index in [1.54, 1.807) is 35.2 Å². The van der Waals surface area contributed by atoms with Gasteiger partial charge >= 0.3 is 0 Å². The van der Waals surface area contributed by atoms with Gasteiger partial charge in [-0.05, 0) is 36.4 Å². The van der Waals surface area contributed by atoms with Gasteiger partial charge in [-0.15, -0.1) is 0 Å². The molecule has 1 aromatic heterocycles. The van der Waals surface area contributed by atoms with E-state index in [-0.39, 0.29) is 35.6 Å². The molecule has 1 fully saturated rings. The Kier molecular flexibility index (Phi) is 6.13. The predicted octanol–water partition coefficient (Wildman–Crippen LogP) is 1.93. The van der Waals surface area contributed by atoms with Crippen LogP contribution in [0.4, 0.5) is 4.39 Å². The summed E-state index contributed by atoms with van der Waals surface area (Å²) < 4.78 is 12.9. The average Bonchev–Trinajstić information content (AvgIpc) is 2.72. The summed E-state index contributed by atoms with van der Waals surface area (Å²) in [6.45, 7) is 6.36. The Labute approximate surface area is 158 Å². The van der Waals surface area contributed by atoms with Gasteiger partial charge in [-0.1, -0.05) is 25.1 Å². The fraction of sp³-hybridized carbons (Fsp3) is 0.350. The second kappa shape index (κ2) is 8.73. The molecule has 2 aromatic rings. The molecule has 3 rings (SSSR count). The largest absolute Gasteiger partial charge is 0.347 e. The average molecular weight is 370 g/mol. The number of amides is 2. The molecule has 2 amide bonds. The van der Waals surface area contributed by atoms with Crippen LogP contribution in [-0.2, 0) is 6.54 Å². The van der Waals surface area contributed by atoms with Crippen molar-refractivity contribution >= 4 is 11.8 Å². The zero-order valence-corrected chi connectivity index (χ0v) is 15.3. The molecular formula is C20H23FN4O2. The van der Waals surface area contributed by atoms with Crippen LogP contribution in [-0.4, -0.2) is 59.3 Å². The third-order valence-corrected chi connectivity index (χ3v) is 4.67. The summed E-state index contributed by atoms with van der Waals surface area (Å²) in [7, 11) is 0. The highest BCUT2D eigenvalue weighted by atomic mass is 19.1. The topological polar surface area (TPSA) is 65.5 Å². The zero-order valence-electron chi connectivity index (χ0n) is 15.3. The van der Waals surface area contributed by atoms with E-state index >= 15 is 0 Å². The lowest BCUT2D eigenvalue weighted by Gasteiger charge is -2.33. The van der Waals surface area contributed by atoms with Crippen molar-refractivity contribution in [2.24, 2.45) is 0 Å². The molecule has 0 unspecified atom stereocenters. The summed E-state index contributed by atoms with van der Waals surface area (Å²) in [5.41, 5.74) is 1.25. The van der Waals surface area contributed by atoms with Gasteiger partial charge in [0.15, 0.2) is 0 Å². The first-order valence-electron chi connectivity index (χ1n) is 9.08. The summed E-state index contributed by atoms with van der Waals surface area (Å²) in [6.07, 6.45) is 0. The first-order valence-corrected chi connectivity index (χ1v) is 9.08. The molecule has 1 aromatic carbocycles. The van der Waals surface area contributed by atoms with E-state index in [4.69, 9.17) is 0 Å². The van der Waals surface area contributed by atoms with Gasteiger partial charge in [-0.2, -0.15) is 0 Å². The Morgan fingerprint density at radius 3 is 2.37 bits per heavy atom. The quantitative estimate of drug-likeness (QED) is 0.874. The van der Waals surface area contributed by atoms with E-state index in [0.717, 1.165) is 25.2 Å². The second-order valence-electron chi connectivity index (χ2n) is 6.44. The third-order valence-electron chi connectivity index (χ3n) is 4.67. The maximum atomic E-state index is 12.9. The number of hydrogen-bond acceptors (Lipinski definition) is 4. The van der Waals surface area contributed by atoms with Crippen LogP contribution in [0.2, 0.25) is 0 Å². The smallest absolute Gasteiger partial charge is 0.272 e. The minimum absolute atomic E-state index is 0.154. The number of piperazine rings is 1. The van der Waals surface area contributed by atoms with Crippen molar-refractivity contribution in [1.82, 2.24) is 20.1 Å². The summed E-state index contributed by atoms with van der Waals surface area (Å²) in [6, 6.07) is 10.8. The van der Waals surface area contributed by atoms with E-state index in [1.165, 1.54) is 12.1 Å². The van der Waals surface area contributed by atoms with Crippen LogP contribution in [0, 0.1) is 5.82 Å². The Hall–Kier alpha value is -2.80. The molecule has 1 aliphatic heterocycles. The molecule has 2 heterocycles. The van der Waals surface area contributed by atoms with Crippen molar-refractivity contribution in [3.63, 3.8) is 0 Å². The van der Waals surface area contributed by atoms with Gasteiger partial charge in [0.2, 0.25) is 0 Å². The third kappa shape index (κ3) is 4.89. The molecule has 0 saturated carbocycles. The summed E-state index contributed by atoms with van der Waals surface area (Å²) in [5, 5.41) is 2.74. The summed E-state index contributed by atoms with van der Waals surface area (Å²) in [4.78, 5) is 33.3. The molecule has 0 aliphatic carbocycles.